The summed E-state index contributed by atoms with van der Waals surface area (Å²) in [6.45, 7) is 6.17. The first-order valence-electron chi connectivity index (χ1n) is 5.74. The van der Waals surface area contributed by atoms with Crippen molar-refractivity contribution in [2.45, 2.75) is 45.4 Å². The molecule has 80 valence electrons. The highest BCUT2D eigenvalue weighted by molar-refractivity contribution is 5.94. The monoisotopic (exact) mass is 202 g/mol. The molecule has 0 unspecified atom stereocenters. The van der Waals surface area contributed by atoms with E-state index < -0.39 is 0 Å². The number of hydrogen-bond donors (Lipinski definition) is 0. The summed E-state index contributed by atoms with van der Waals surface area (Å²) in [4.78, 5) is 11.3. The molecule has 0 saturated heterocycles. The maximum absolute atomic E-state index is 11.3. The van der Waals surface area contributed by atoms with E-state index in [1.54, 1.807) is 6.92 Å². The zero-order valence-corrected chi connectivity index (χ0v) is 9.71. The molecule has 0 saturated carbocycles. The van der Waals surface area contributed by atoms with Crippen LogP contribution in [0.2, 0.25) is 0 Å². The third-order valence-corrected chi connectivity index (χ3v) is 3.59. The van der Waals surface area contributed by atoms with Crippen molar-refractivity contribution in [2.75, 3.05) is 0 Å². The minimum absolute atomic E-state index is 0.170. The van der Waals surface area contributed by atoms with Crippen LogP contribution in [0, 0.1) is 0 Å². The van der Waals surface area contributed by atoms with E-state index in [0.717, 1.165) is 5.56 Å². The van der Waals surface area contributed by atoms with Crippen molar-refractivity contribution >= 4 is 5.78 Å². The minimum Gasteiger partial charge on any atom is -0.295 e. The molecule has 0 heterocycles. The predicted octanol–water partition coefficient (Wildman–Crippen LogP) is 3.89. The van der Waals surface area contributed by atoms with Crippen LogP contribution in [-0.2, 0) is 0 Å². The number of fused-ring (bicyclic) bond motifs is 1. The van der Waals surface area contributed by atoms with Gasteiger partial charge in [-0.25, -0.2) is 0 Å². The lowest BCUT2D eigenvalue weighted by Crippen LogP contribution is -2.11. The summed E-state index contributed by atoms with van der Waals surface area (Å²) in [5, 5.41) is 0. The predicted molar refractivity (Wildman–Crippen MR) is 62.5 cm³/mol. The Kier molecular flexibility index (Phi) is 2.64. The lowest BCUT2D eigenvalue weighted by molar-refractivity contribution is 0.101. The smallest absolute Gasteiger partial charge is 0.159 e. The maximum Gasteiger partial charge on any atom is 0.159 e. The Morgan fingerprint density at radius 1 is 1.13 bits per heavy atom. The minimum atomic E-state index is 0.170. The number of carbonyl (C=O) groups excluding carboxylic acids is 1. The van der Waals surface area contributed by atoms with Crippen molar-refractivity contribution in [3.8, 4) is 0 Å². The first-order chi connectivity index (χ1) is 7.09. The van der Waals surface area contributed by atoms with Gasteiger partial charge in [0.1, 0.15) is 0 Å². The highest BCUT2D eigenvalue weighted by atomic mass is 16.1. The quantitative estimate of drug-likeness (QED) is 0.631. The van der Waals surface area contributed by atoms with Crippen molar-refractivity contribution in [2.24, 2.45) is 0 Å². The Labute approximate surface area is 91.5 Å². The molecule has 1 heteroatoms. The van der Waals surface area contributed by atoms with Crippen molar-refractivity contribution in [1.29, 1.82) is 0 Å². The molecule has 0 aromatic heterocycles. The van der Waals surface area contributed by atoms with Crippen LogP contribution in [-0.4, -0.2) is 5.78 Å². The number of carbonyl (C=O) groups is 1. The molecule has 0 bridgehead atoms. The number of benzene rings is 1. The summed E-state index contributed by atoms with van der Waals surface area (Å²) < 4.78 is 0. The molecule has 1 aromatic carbocycles. The molecule has 1 aliphatic carbocycles. The Hall–Kier alpha value is -1.11. The largest absolute Gasteiger partial charge is 0.295 e. The molecule has 1 aliphatic rings. The van der Waals surface area contributed by atoms with Gasteiger partial charge in [-0.2, -0.15) is 0 Å². The van der Waals surface area contributed by atoms with Crippen LogP contribution in [0.25, 0.3) is 0 Å². The summed E-state index contributed by atoms with van der Waals surface area (Å²) in [6, 6.07) is 6.21. The molecule has 0 radical (unpaired) electrons. The lowest BCUT2D eigenvalue weighted by Gasteiger charge is -2.27. The molecule has 0 aliphatic heterocycles. The van der Waals surface area contributed by atoms with Gasteiger partial charge in [-0.1, -0.05) is 26.0 Å². The van der Waals surface area contributed by atoms with Crippen LogP contribution >= 0.6 is 0 Å². The number of ketones is 1. The molecule has 15 heavy (non-hydrogen) atoms. The van der Waals surface area contributed by atoms with Gasteiger partial charge in [0.25, 0.3) is 0 Å². The zero-order valence-electron chi connectivity index (χ0n) is 9.71. The normalized spacial score (nSPS) is 24.7. The van der Waals surface area contributed by atoms with Gasteiger partial charge in [-0.3, -0.25) is 4.79 Å². The van der Waals surface area contributed by atoms with E-state index in [1.807, 2.05) is 6.07 Å². The van der Waals surface area contributed by atoms with Crippen LogP contribution in [0.15, 0.2) is 18.2 Å². The highest BCUT2D eigenvalue weighted by Gasteiger charge is 2.22. The summed E-state index contributed by atoms with van der Waals surface area (Å²) >= 11 is 0. The summed E-state index contributed by atoms with van der Waals surface area (Å²) in [5.74, 6) is 1.43. The van der Waals surface area contributed by atoms with Crippen LogP contribution in [0.1, 0.15) is 66.9 Å². The second-order valence-corrected chi connectivity index (χ2v) is 4.78. The fourth-order valence-corrected chi connectivity index (χ4v) is 2.48. The lowest BCUT2D eigenvalue weighted by atomic mass is 9.77. The van der Waals surface area contributed by atoms with Crippen LogP contribution < -0.4 is 0 Å². The van der Waals surface area contributed by atoms with Crippen LogP contribution in [0.3, 0.4) is 0 Å². The van der Waals surface area contributed by atoms with Gasteiger partial charge in [0.2, 0.25) is 0 Å². The van der Waals surface area contributed by atoms with Gasteiger partial charge in [-0.15, -0.1) is 0 Å². The molecule has 0 spiro atoms. The summed E-state index contributed by atoms with van der Waals surface area (Å²) in [5.41, 5.74) is 3.69. The Morgan fingerprint density at radius 3 is 2.33 bits per heavy atom. The number of Topliss-reactive ketones (excluding diaryl/α,β-unsaturated/α-hetero) is 1. The molecule has 0 fully saturated rings. The third kappa shape index (κ3) is 1.83. The molecular weight excluding hydrogens is 184 g/mol. The zero-order chi connectivity index (χ0) is 11.0. The van der Waals surface area contributed by atoms with E-state index in [-0.39, 0.29) is 5.78 Å². The molecular formula is C14H18O. The van der Waals surface area contributed by atoms with Crippen molar-refractivity contribution in [1.82, 2.24) is 0 Å². The molecule has 1 aromatic rings. The van der Waals surface area contributed by atoms with E-state index in [9.17, 15) is 4.79 Å². The van der Waals surface area contributed by atoms with E-state index in [2.05, 4.69) is 26.0 Å². The molecule has 2 rings (SSSR count). The van der Waals surface area contributed by atoms with Crippen LogP contribution in [0.5, 0.6) is 0 Å². The molecule has 2 atom stereocenters. The molecule has 1 nitrogen and oxygen atoms in total. The van der Waals surface area contributed by atoms with Gasteiger partial charge < -0.3 is 0 Å². The topological polar surface area (TPSA) is 17.1 Å². The average molecular weight is 202 g/mol. The number of hydrogen-bond acceptors (Lipinski definition) is 1. The van der Waals surface area contributed by atoms with Gasteiger partial charge in [0, 0.05) is 5.56 Å². The average Bonchev–Trinajstić information content (AvgIpc) is 2.23. The Morgan fingerprint density at radius 2 is 1.73 bits per heavy atom. The number of rotatable bonds is 1. The van der Waals surface area contributed by atoms with E-state index in [1.165, 1.54) is 24.0 Å². The standard InChI is InChI=1S/C14H18O/c1-9-4-5-10(2)14-8-12(11(3)15)6-7-13(9)14/h6-10H,4-5H2,1-3H3/t9-,10+/m0/s1. The Bertz CT molecular complexity index is 392. The first-order valence-corrected chi connectivity index (χ1v) is 5.74. The summed E-state index contributed by atoms with van der Waals surface area (Å²) in [6.07, 6.45) is 2.52. The van der Waals surface area contributed by atoms with Crippen LogP contribution in [0.4, 0.5) is 0 Å². The van der Waals surface area contributed by atoms with E-state index in [0.29, 0.717) is 11.8 Å². The van der Waals surface area contributed by atoms with E-state index >= 15 is 0 Å². The molecule has 0 amide bonds. The SMILES string of the molecule is CC(=O)c1ccc2c(c1)[C@H](C)CC[C@@H]2C. The second-order valence-electron chi connectivity index (χ2n) is 4.78. The fraction of sp³-hybridized carbons (Fsp3) is 0.500. The van der Waals surface area contributed by atoms with Gasteiger partial charge >= 0.3 is 0 Å². The van der Waals surface area contributed by atoms with Gasteiger partial charge in [-0.05, 0) is 48.8 Å². The van der Waals surface area contributed by atoms with Gasteiger partial charge in [0.15, 0.2) is 5.78 Å². The highest BCUT2D eigenvalue weighted by Crippen LogP contribution is 2.38. The fourth-order valence-electron chi connectivity index (χ4n) is 2.48. The Balaban J connectivity index is 2.49. The van der Waals surface area contributed by atoms with Gasteiger partial charge in [0.05, 0.1) is 0 Å². The molecule has 0 N–H and O–H groups in total. The third-order valence-electron chi connectivity index (χ3n) is 3.59. The maximum atomic E-state index is 11.3. The van der Waals surface area contributed by atoms with Crippen molar-refractivity contribution in [3.05, 3.63) is 34.9 Å². The van der Waals surface area contributed by atoms with E-state index in [4.69, 9.17) is 0 Å². The first kappa shape index (κ1) is 10.4. The van der Waals surface area contributed by atoms with Crippen molar-refractivity contribution < 1.29 is 4.79 Å². The second kappa shape index (κ2) is 3.80. The summed E-state index contributed by atoms with van der Waals surface area (Å²) in [7, 11) is 0. The van der Waals surface area contributed by atoms with Crippen molar-refractivity contribution in [3.63, 3.8) is 0 Å².